The Morgan fingerprint density at radius 2 is 1.62 bits per heavy atom. The van der Waals surface area contributed by atoms with Crippen molar-refractivity contribution in [2.24, 2.45) is 0 Å². The Kier molecular flexibility index (Phi) is 2.68. The number of fused-ring (bicyclic) bond motifs is 2. The summed E-state index contributed by atoms with van der Waals surface area (Å²) in [5, 5.41) is 1.66. The van der Waals surface area contributed by atoms with Crippen LogP contribution in [0, 0.1) is 5.82 Å². The fraction of sp³-hybridized carbons (Fsp3) is 0.100. The molecule has 0 bridgehead atoms. The first kappa shape index (κ1) is 12.3. The summed E-state index contributed by atoms with van der Waals surface area (Å²) in [6.07, 6.45) is 3.27. The largest absolute Gasteiger partial charge is 0.206 e. The molecule has 3 aromatic carbocycles. The van der Waals surface area contributed by atoms with Gasteiger partial charge in [0, 0.05) is 5.39 Å². The molecule has 1 aliphatic carbocycles. The molecule has 0 atom stereocenters. The smallest absolute Gasteiger partial charge is 0.131 e. The Labute approximate surface area is 123 Å². The molecule has 0 nitrogen and oxygen atoms in total. The predicted octanol–water partition coefficient (Wildman–Crippen LogP) is 5.61. The number of allylic oxidation sites excluding steroid dienone is 1. The maximum absolute atomic E-state index is 14.0. The third-order valence-corrected chi connectivity index (χ3v) is 4.22. The second kappa shape index (κ2) is 4.56. The second-order valence-electron chi connectivity index (χ2n) is 5.69. The minimum atomic E-state index is -0.159. The Morgan fingerprint density at radius 3 is 2.48 bits per heavy atom. The predicted molar refractivity (Wildman–Crippen MR) is 86.7 cm³/mol. The SMILES string of the molecule is CC1=Cc2c(cccc2-c2ccc(F)c3ccccc23)C1. The normalized spacial score (nSPS) is 13.3. The van der Waals surface area contributed by atoms with Crippen LogP contribution in [0.1, 0.15) is 18.1 Å². The molecule has 0 aliphatic heterocycles. The maximum atomic E-state index is 14.0. The third-order valence-electron chi connectivity index (χ3n) is 4.22. The minimum Gasteiger partial charge on any atom is -0.206 e. The van der Waals surface area contributed by atoms with E-state index in [1.54, 1.807) is 6.07 Å². The Morgan fingerprint density at radius 1 is 0.810 bits per heavy atom. The number of hydrogen-bond acceptors (Lipinski definition) is 0. The van der Waals surface area contributed by atoms with Gasteiger partial charge in [0.1, 0.15) is 5.82 Å². The monoisotopic (exact) mass is 274 g/mol. The molecule has 3 aromatic rings. The zero-order valence-electron chi connectivity index (χ0n) is 11.9. The quantitative estimate of drug-likeness (QED) is 0.541. The molecule has 0 saturated carbocycles. The molecule has 1 heteroatoms. The van der Waals surface area contributed by atoms with Crippen molar-refractivity contribution in [2.75, 3.05) is 0 Å². The van der Waals surface area contributed by atoms with Crippen molar-refractivity contribution in [3.05, 3.63) is 77.1 Å². The van der Waals surface area contributed by atoms with Gasteiger partial charge >= 0.3 is 0 Å². The average molecular weight is 274 g/mol. The highest BCUT2D eigenvalue weighted by Gasteiger charge is 2.16. The van der Waals surface area contributed by atoms with Crippen molar-refractivity contribution >= 4 is 16.8 Å². The van der Waals surface area contributed by atoms with Gasteiger partial charge in [-0.05, 0) is 47.1 Å². The number of rotatable bonds is 1. The van der Waals surface area contributed by atoms with Crippen molar-refractivity contribution in [3.8, 4) is 11.1 Å². The molecule has 0 saturated heterocycles. The lowest BCUT2D eigenvalue weighted by Gasteiger charge is -2.11. The van der Waals surface area contributed by atoms with Gasteiger partial charge in [-0.25, -0.2) is 4.39 Å². The molecule has 21 heavy (non-hydrogen) atoms. The first-order chi connectivity index (χ1) is 10.2. The van der Waals surface area contributed by atoms with E-state index in [1.807, 2.05) is 30.3 Å². The number of benzene rings is 3. The topological polar surface area (TPSA) is 0 Å². The van der Waals surface area contributed by atoms with Crippen LogP contribution in [-0.2, 0) is 6.42 Å². The zero-order valence-corrected chi connectivity index (χ0v) is 11.9. The van der Waals surface area contributed by atoms with Gasteiger partial charge in [-0.2, -0.15) is 0 Å². The fourth-order valence-corrected chi connectivity index (χ4v) is 3.27. The van der Waals surface area contributed by atoms with Gasteiger partial charge in [0.15, 0.2) is 0 Å². The van der Waals surface area contributed by atoms with E-state index in [0.717, 1.165) is 17.4 Å². The second-order valence-corrected chi connectivity index (χ2v) is 5.69. The van der Waals surface area contributed by atoms with Crippen LogP contribution in [-0.4, -0.2) is 0 Å². The lowest BCUT2D eigenvalue weighted by molar-refractivity contribution is 0.640. The van der Waals surface area contributed by atoms with Crippen LogP contribution < -0.4 is 0 Å². The van der Waals surface area contributed by atoms with Crippen LogP contribution in [0.15, 0.2) is 60.2 Å². The first-order valence-corrected chi connectivity index (χ1v) is 7.21. The molecule has 0 heterocycles. The van der Waals surface area contributed by atoms with Crippen LogP contribution in [0.25, 0.3) is 28.0 Å². The first-order valence-electron chi connectivity index (χ1n) is 7.21. The summed E-state index contributed by atoms with van der Waals surface area (Å²) < 4.78 is 14.0. The third kappa shape index (κ3) is 1.89. The van der Waals surface area contributed by atoms with Crippen LogP contribution in [0.5, 0.6) is 0 Å². The van der Waals surface area contributed by atoms with Crippen molar-refractivity contribution < 1.29 is 4.39 Å². The van der Waals surface area contributed by atoms with Crippen LogP contribution in [0.4, 0.5) is 4.39 Å². The van der Waals surface area contributed by atoms with Crippen molar-refractivity contribution in [1.29, 1.82) is 0 Å². The van der Waals surface area contributed by atoms with E-state index >= 15 is 0 Å². The van der Waals surface area contributed by atoms with E-state index in [9.17, 15) is 4.39 Å². The van der Waals surface area contributed by atoms with E-state index in [-0.39, 0.29) is 5.82 Å². The van der Waals surface area contributed by atoms with E-state index in [0.29, 0.717) is 5.39 Å². The van der Waals surface area contributed by atoms with Crippen molar-refractivity contribution in [1.82, 2.24) is 0 Å². The summed E-state index contributed by atoms with van der Waals surface area (Å²) in [5.41, 5.74) is 6.32. The number of halogens is 1. The molecule has 102 valence electrons. The van der Waals surface area contributed by atoms with Gasteiger partial charge in [0.05, 0.1) is 0 Å². The lowest BCUT2D eigenvalue weighted by Crippen LogP contribution is -1.90. The van der Waals surface area contributed by atoms with Crippen LogP contribution >= 0.6 is 0 Å². The zero-order chi connectivity index (χ0) is 14.4. The summed E-state index contributed by atoms with van der Waals surface area (Å²) in [7, 11) is 0. The van der Waals surface area contributed by atoms with Gasteiger partial charge in [-0.15, -0.1) is 0 Å². The van der Waals surface area contributed by atoms with Gasteiger partial charge in [0.2, 0.25) is 0 Å². The van der Waals surface area contributed by atoms with Crippen molar-refractivity contribution in [2.45, 2.75) is 13.3 Å². The summed E-state index contributed by atoms with van der Waals surface area (Å²) in [5.74, 6) is -0.159. The summed E-state index contributed by atoms with van der Waals surface area (Å²) in [6.45, 7) is 2.16. The standard InChI is InChI=1S/C20H15F/c1-13-11-14-5-4-8-16(19(14)12-13)17-9-10-20(21)18-7-3-2-6-15(17)18/h2-10,12H,11H2,1H3. The highest BCUT2D eigenvalue weighted by Crippen LogP contribution is 2.37. The minimum absolute atomic E-state index is 0.159. The van der Waals surface area contributed by atoms with Gasteiger partial charge in [0.25, 0.3) is 0 Å². The molecule has 0 aromatic heterocycles. The molecular formula is C20H15F. The van der Waals surface area contributed by atoms with Crippen molar-refractivity contribution in [3.63, 3.8) is 0 Å². The fourth-order valence-electron chi connectivity index (χ4n) is 3.27. The molecule has 0 spiro atoms. The molecule has 0 fully saturated rings. The van der Waals surface area contributed by atoms with E-state index in [4.69, 9.17) is 0 Å². The Bertz CT molecular complexity index is 887. The van der Waals surface area contributed by atoms with E-state index in [1.165, 1.54) is 22.3 Å². The average Bonchev–Trinajstić information content (AvgIpc) is 2.88. The molecule has 0 radical (unpaired) electrons. The van der Waals surface area contributed by atoms with E-state index in [2.05, 4.69) is 31.2 Å². The summed E-state index contributed by atoms with van der Waals surface area (Å²) >= 11 is 0. The molecular weight excluding hydrogens is 259 g/mol. The highest BCUT2D eigenvalue weighted by atomic mass is 19.1. The molecule has 0 N–H and O–H groups in total. The van der Waals surface area contributed by atoms with Gasteiger partial charge in [-0.1, -0.05) is 60.2 Å². The Balaban J connectivity index is 2.05. The Hall–Kier alpha value is -2.41. The summed E-state index contributed by atoms with van der Waals surface area (Å²) in [4.78, 5) is 0. The molecule has 0 amide bonds. The molecule has 1 aliphatic rings. The highest BCUT2D eigenvalue weighted by molar-refractivity contribution is 5.99. The van der Waals surface area contributed by atoms with E-state index < -0.39 is 0 Å². The lowest BCUT2D eigenvalue weighted by atomic mass is 9.93. The maximum Gasteiger partial charge on any atom is 0.131 e. The summed E-state index contributed by atoms with van der Waals surface area (Å²) in [6, 6.07) is 17.6. The number of hydrogen-bond donors (Lipinski definition) is 0. The van der Waals surface area contributed by atoms with Gasteiger partial charge in [-0.3, -0.25) is 0 Å². The van der Waals surface area contributed by atoms with Crippen LogP contribution in [0.3, 0.4) is 0 Å². The molecule has 0 unspecified atom stereocenters. The van der Waals surface area contributed by atoms with Crippen LogP contribution in [0.2, 0.25) is 0 Å². The van der Waals surface area contributed by atoms with Gasteiger partial charge < -0.3 is 0 Å². The molecule has 4 rings (SSSR count).